The molecule has 7 N–H and O–H groups in total. The number of aromatic nitrogens is 1. The minimum absolute atomic E-state index is 0.168. The Balaban J connectivity index is 1.87. The van der Waals surface area contributed by atoms with Gasteiger partial charge in [0, 0.05) is 23.6 Å². The first kappa shape index (κ1) is 16.0. The Morgan fingerprint density at radius 2 is 1.95 bits per heavy atom. The highest BCUT2D eigenvalue weighted by Crippen LogP contribution is 2.18. The number of amides is 1. The number of rotatable bonds is 7. The van der Waals surface area contributed by atoms with Gasteiger partial charge in [-0.25, -0.2) is 0 Å². The van der Waals surface area contributed by atoms with Gasteiger partial charge in [-0.2, -0.15) is 0 Å². The lowest BCUT2D eigenvalue weighted by Crippen LogP contribution is -2.44. The summed E-state index contributed by atoms with van der Waals surface area (Å²) in [4.78, 5) is 25.6. The molecule has 1 aromatic heterocycles. The Hall–Kier alpha value is -2.38. The molecule has 1 heterocycles. The molecule has 0 aliphatic carbocycles. The number of hydrogen-bond acceptors (Lipinski definition) is 4. The van der Waals surface area contributed by atoms with Gasteiger partial charge in [-0.1, -0.05) is 18.2 Å². The first-order chi connectivity index (χ1) is 10.5. The van der Waals surface area contributed by atoms with Crippen LogP contribution in [0.25, 0.3) is 10.9 Å². The van der Waals surface area contributed by atoms with Crippen molar-refractivity contribution >= 4 is 22.8 Å². The Kier molecular flexibility index (Phi) is 5.13. The van der Waals surface area contributed by atoms with Gasteiger partial charge in [-0.15, -0.1) is 0 Å². The number of benzene rings is 1. The van der Waals surface area contributed by atoms with Crippen molar-refractivity contribution in [3.63, 3.8) is 0 Å². The minimum Gasteiger partial charge on any atom is -0.480 e. The van der Waals surface area contributed by atoms with E-state index in [0.29, 0.717) is 6.42 Å². The third-order valence-electron chi connectivity index (χ3n) is 3.52. The molecule has 0 saturated heterocycles. The van der Waals surface area contributed by atoms with E-state index in [1.54, 1.807) is 0 Å². The Morgan fingerprint density at radius 1 is 1.23 bits per heavy atom. The summed E-state index contributed by atoms with van der Waals surface area (Å²) in [5.41, 5.74) is 13.2. The van der Waals surface area contributed by atoms with E-state index < -0.39 is 18.1 Å². The summed E-state index contributed by atoms with van der Waals surface area (Å²) in [6.07, 6.45) is 2.42. The van der Waals surface area contributed by atoms with Crippen LogP contribution in [-0.4, -0.2) is 40.6 Å². The van der Waals surface area contributed by atoms with E-state index in [1.807, 2.05) is 30.5 Å². The first-order valence-electron chi connectivity index (χ1n) is 7.05. The fourth-order valence-corrected chi connectivity index (χ4v) is 2.24. The smallest absolute Gasteiger partial charge is 0.320 e. The molecular weight excluding hydrogens is 284 g/mol. The van der Waals surface area contributed by atoms with Crippen LogP contribution < -0.4 is 16.8 Å². The molecule has 2 rings (SSSR count). The van der Waals surface area contributed by atoms with Gasteiger partial charge in [0.15, 0.2) is 0 Å². The molecule has 0 bridgehead atoms. The van der Waals surface area contributed by atoms with Crippen LogP contribution >= 0.6 is 0 Å². The maximum atomic E-state index is 11.9. The van der Waals surface area contributed by atoms with E-state index in [9.17, 15) is 9.59 Å². The molecule has 0 spiro atoms. The van der Waals surface area contributed by atoms with Crippen LogP contribution in [-0.2, 0) is 16.0 Å². The Morgan fingerprint density at radius 3 is 2.68 bits per heavy atom. The van der Waals surface area contributed by atoms with Gasteiger partial charge in [-0.3, -0.25) is 9.59 Å². The summed E-state index contributed by atoms with van der Waals surface area (Å²) in [6.45, 7) is 0.188. The predicted molar refractivity (Wildman–Crippen MR) is 83.2 cm³/mol. The number of hydrogen-bond donors (Lipinski definition) is 5. The predicted octanol–water partition coefficient (Wildman–Crippen LogP) is -0.0441. The molecule has 1 amide bonds. The summed E-state index contributed by atoms with van der Waals surface area (Å²) in [6, 6.07) is 6.11. The van der Waals surface area contributed by atoms with Crippen LogP contribution in [0.1, 0.15) is 12.0 Å². The molecule has 2 aromatic rings. The third kappa shape index (κ3) is 3.84. The van der Waals surface area contributed by atoms with Crippen molar-refractivity contribution < 1.29 is 14.7 Å². The number of carboxylic acids is 1. The number of para-hydroxylation sites is 1. The Labute approximate surface area is 127 Å². The fourth-order valence-electron chi connectivity index (χ4n) is 2.24. The zero-order valence-electron chi connectivity index (χ0n) is 12.1. The summed E-state index contributed by atoms with van der Waals surface area (Å²) < 4.78 is 0. The molecule has 0 fully saturated rings. The fraction of sp³-hybridized carbons (Fsp3) is 0.333. The van der Waals surface area contributed by atoms with Crippen molar-refractivity contribution in [1.29, 1.82) is 0 Å². The zero-order chi connectivity index (χ0) is 16.1. The van der Waals surface area contributed by atoms with E-state index in [-0.39, 0.29) is 18.9 Å². The van der Waals surface area contributed by atoms with E-state index >= 15 is 0 Å². The number of carbonyl (C=O) groups is 2. The zero-order valence-corrected chi connectivity index (χ0v) is 12.1. The van der Waals surface area contributed by atoms with E-state index in [0.717, 1.165) is 16.5 Å². The van der Waals surface area contributed by atoms with Crippen LogP contribution in [0, 0.1) is 0 Å². The molecule has 1 aromatic carbocycles. The van der Waals surface area contributed by atoms with Gasteiger partial charge in [-0.05, 0) is 24.5 Å². The number of nitrogens with two attached hydrogens (primary N) is 2. The van der Waals surface area contributed by atoms with Crippen molar-refractivity contribution in [3.05, 3.63) is 36.0 Å². The summed E-state index contributed by atoms with van der Waals surface area (Å²) in [5, 5.41) is 12.3. The van der Waals surface area contributed by atoms with Crippen molar-refractivity contribution in [2.45, 2.75) is 24.9 Å². The maximum absolute atomic E-state index is 11.9. The average molecular weight is 304 g/mol. The quantitative estimate of drug-likeness (QED) is 0.489. The number of H-pyrrole nitrogens is 1. The molecule has 0 radical (unpaired) electrons. The minimum atomic E-state index is -1.09. The van der Waals surface area contributed by atoms with E-state index in [2.05, 4.69) is 10.3 Å². The topological polar surface area (TPSA) is 134 Å². The van der Waals surface area contributed by atoms with Gasteiger partial charge < -0.3 is 26.9 Å². The van der Waals surface area contributed by atoms with Crippen LogP contribution in [0.4, 0.5) is 0 Å². The highest BCUT2D eigenvalue weighted by Gasteiger charge is 2.17. The van der Waals surface area contributed by atoms with Crippen LogP contribution in [0.3, 0.4) is 0 Å². The molecule has 2 unspecified atom stereocenters. The monoisotopic (exact) mass is 304 g/mol. The third-order valence-corrected chi connectivity index (χ3v) is 3.52. The number of carbonyl (C=O) groups excluding carboxylic acids is 1. The second kappa shape index (κ2) is 7.06. The Bertz CT molecular complexity index is 668. The molecule has 2 atom stereocenters. The number of aromatic amines is 1. The maximum Gasteiger partial charge on any atom is 0.320 e. The SMILES string of the molecule is NC(CCNC(=O)C(N)Cc1c[nH]c2ccccc12)C(=O)O. The molecule has 0 aliphatic heterocycles. The lowest BCUT2D eigenvalue weighted by atomic mass is 10.0. The number of carboxylic acid groups (broad SMARTS) is 1. The number of nitrogens with one attached hydrogen (secondary N) is 2. The highest BCUT2D eigenvalue weighted by atomic mass is 16.4. The van der Waals surface area contributed by atoms with Gasteiger partial charge in [0.25, 0.3) is 0 Å². The second-order valence-electron chi connectivity index (χ2n) is 5.19. The molecular formula is C15H20N4O3. The molecule has 0 aliphatic rings. The summed E-state index contributed by atoms with van der Waals surface area (Å²) >= 11 is 0. The summed E-state index contributed by atoms with van der Waals surface area (Å²) in [7, 11) is 0. The van der Waals surface area contributed by atoms with Gasteiger partial charge in [0.05, 0.1) is 6.04 Å². The average Bonchev–Trinajstić information content (AvgIpc) is 2.90. The van der Waals surface area contributed by atoms with Crippen molar-refractivity contribution in [2.75, 3.05) is 6.54 Å². The lowest BCUT2D eigenvalue weighted by Gasteiger charge is -2.13. The first-order valence-corrected chi connectivity index (χ1v) is 7.05. The van der Waals surface area contributed by atoms with Crippen molar-refractivity contribution in [2.24, 2.45) is 11.5 Å². The van der Waals surface area contributed by atoms with Gasteiger partial charge >= 0.3 is 5.97 Å². The number of aliphatic carboxylic acids is 1. The molecule has 7 heteroatoms. The van der Waals surface area contributed by atoms with Crippen LogP contribution in [0.5, 0.6) is 0 Å². The normalized spacial score (nSPS) is 13.7. The largest absolute Gasteiger partial charge is 0.480 e. The van der Waals surface area contributed by atoms with Crippen LogP contribution in [0.2, 0.25) is 0 Å². The lowest BCUT2D eigenvalue weighted by molar-refractivity contribution is -0.138. The van der Waals surface area contributed by atoms with E-state index in [4.69, 9.17) is 16.6 Å². The summed E-state index contributed by atoms with van der Waals surface area (Å²) in [5.74, 6) is -1.40. The van der Waals surface area contributed by atoms with Crippen molar-refractivity contribution in [3.8, 4) is 0 Å². The van der Waals surface area contributed by atoms with Crippen molar-refractivity contribution in [1.82, 2.24) is 10.3 Å². The standard InChI is InChI=1S/C15H20N4O3/c16-11(15(21)22)5-6-18-14(20)12(17)7-9-8-19-13-4-2-1-3-10(9)13/h1-4,8,11-12,19H,5-7,16-17H2,(H,18,20)(H,21,22). The van der Waals surface area contributed by atoms with Crippen LogP contribution in [0.15, 0.2) is 30.5 Å². The van der Waals surface area contributed by atoms with Gasteiger partial charge in [0.1, 0.15) is 6.04 Å². The highest BCUT2D eigenvalue weighted by molar-refractivity contribution is 5.86. The molecule has 118 valence electrons. The van der Waals surface area contributed by atoms with Gasteiger partial charge in [0.2, 0.25) is 5.91 Å². The number of fused-ring (bicyclic) bond motifs is 1. The molecule has 7 nitrogen and oxygen atoms in total. The molecule has 0 saturated carbocycles. The van der Waals surface area contributed by atoms with E-state index in [1.165, 1.54) is 0 Å². The molecule has 22 heavy (non-hydrogen) atoms. The second-order valence-corrected chi connectivity index (χ2v) is 5.19.